The maximum absolute atomic E-state index is 6.38. The quantitative estimate of drug-likeness (QED) is 0.728. The Kier molecular flexibility index (Phi) is 4.03. The Morgan fingerprint density at radius 2 is 1.57 bits per heavy atom. The van der Waals surface area contributed by atoms with Crippen molar-refractivity contribution in [3.8, 4) is 0 Å². The molecule has 3 rings (SSSR count). The van der Waals surface area contributed by atoms with Crippen molar-refractivity contribution >= 4 is 10.8 Å². The Labute approximate surface area is 126 Å². The molecule has 0 saturated heterocycles. The number of fused-ring (bicyclic) bond motifs is 1. The first-order valence-electron chi connectivity index (χ1n) is 7.53. The van der Waals surface area contributed by atoms with Crippen LogP contribution in [0.3, 0.4) is 0 Å². The molecule has 0 amide bonds. The maximum atomic E-state index is 6.38. The Bertz CT molecular complexity index is 745. The van der Waals surface area contributed by atoms with E-state index in [1.165, 1.54) is 27.5 Å². The fourth-order valence-corrected chi connectivity index (χ4v) is 2.81. The van der Waals surface area contributed by atoms with E-state index in [1.807, 2.05) is 0 Å². The molecule has 1 heteroatoms. The van der Waals surface area contributed by atoms with E-state index in [2.05, 4.69) is 73.7 Å². The molecular formula is C20H21N. The minimum absolute atomic E-state index is 0.0919. The normalized spacial score (nSPS) is 12.5. The number of hydrogen-bond acceptors (Lipinski definition) is 1. The van der Waals surface area contributed by atoms with Gasteiger partial charge in [0.05, 0.1) is 0 Å². The average Bonchev–Trinajstić information content (AvgIpc) is 2.53. The lowest BCUT2D eigenvalue weighted by atomic mass is 9.96. The predicted octanol–water partition coefficient (Wildman–Crippen LogP) is 4.78. The number of benzene rings is 3. The van der Waals surface area contributed by atoms with Gasteiger partial charge in [-0.05, 0) is 53.3 Å². The lowest BCUT2D eigenvalue weighted by Gasteiger charge is -2.14. The molecule has 2 N–H and O–H groups in total. The Morgan fingerprint density at radius 1 is 0.857 bits per heavy atom. The van der Waals surface area contributed by atoms with Crippen LogP contribution >= 0.6 is 0 Å². The standard InChI is InChI=1S/C20H21N/c1-15-6-2-3-7-16(15)12-13-20(21)19-11-10-17-8-4-5-9-18(17)14-19/h2-11,14,20H,12-13,21H2,1H3. The summed E-state index contributed by atoms with van der Waals surface area (Å²) in [6, 6.07) is 23.6. The lowest BCUT2D eigenvalue weighted by molar-refractivity contribution is 0.651. The van der Waals surface area contributed by atoms with Crippen LogP contribution in [0.4, 0.5) is 0 Å². The molecule has 0 aliphatic rings. The van der Waals surface area contributed by atoms with Gasteiger partial charge in [0, 0.05) is 6.04 Å². The van der Waals surface area contributed by atoms with E-state index in [0.717, 1.165) is 12.8 Å². The van der Waals surface area contributed by atoms with Gasteiger partial charge >= 0.3 is 0 Å². The number of nitrogens with two attached hydrogens (primary N) is 1. The highest BCUT2D eigenvalue weighted by molar-refractivity contribution is 5.83. The molecule has 0 spiro atoms. The minimum atomic E-state index is 0.0919. The zero-order valence-corrected chi connectivity index (χ0v) is 12.4. The van der Waals surface area contributed by atoms with E-state index in [9.17, 15) is 0 Å². The van der Waals surface area contributed by atoms with Crippen LogP contribution in [0.15, 0.2) is 66.7 Å². The van der Waals surface area contributed by atoms with Crippen LogP contribution in [0.5, 0.6) is 0 Å². The van der Waals surface area contributed by atoms with Gasteiger partial charge in [-0.15, -0.1) is 0 Å². The molecule has 106 valence electrons. The average molecular weight is 275 g/mol. The molecule has 1 atom stereocenters. The SMILES string of the molecule is Cc1ccccc1CCC(N)c1ccc2ccccc2c1. The monoisotopic (exact) mass is 275 g/mol. The third kappa shape index (κ3) is 3.14. The Hall–Kier alpha value is -2.12. The van der Waals surface area contributed by atoms with E-state index in [4.69, 9.17) is 5.73 Å². The third-order valence-corrected chi connectivity index (χ3v) is 4.19. The summed E-state index contributed by atoms with van der Waals surface area (Å²) in [5.41, 5.74) is 10.4. The topological polar surface area (TPSA) is 26.0 Å². The summed E-state index contributed by atoms with van der Waals surface area (Å²) in [6.45, 7) is 2.16. The molecule has 3 aromatic rings. The molecule has 0 aromatic heterocycles. The fraction of sp³-hybridized carbons (Fsp3) is 0.200. The van der Waals surface area contributed by atoms with Crippen molar-refractivity contribution in [1.82, 2.24) is 0 Å². The highest BCUT2D eigenvalue weighted by Crippen LogP contribution is 2.22. The van der Waals surface area contributed by atoms with Crippen LogP contribution in [-0.2, 0) is 6.42 Å². The first-order valence-corrected chi connectivity index (χ1v) is 7.53. The number of hydrogen-bond donors (Lipinski definition) is 1. The van der Waals surface area contributed by atoms with Gasteiger partial charge in [0.2, 0.25) is 0 Å². The summed E-state index contributed by atoms with van der Waals surface area (Å²) in [5, 5.41) is 2.54. The fourth-order valence-electron chi connectivity index (χ4n) is 2.81. The maximum Gasteiger partial charge on any atom is 0.0298 e. The smallest absolute Gasteiger partial charge is 0.0298 e. The predicted molar refractivity (Wildman–Crippen MR) is 90.4 cm³/mol. The van der Waals surface area contributed by atoms with Crippen molar-refractivity contribution in [3.63, 3.8) is 0 Å². The van der Waals surface area contributed by atoms with Gasteiger partial charge in [-0.2, -0.15) is 0 Å². The largest absolute Gasteiger partial charge is 0.324 e. The van der Waals surface area contributed by atoms with Crippen molar-refractivity contribution < 1.29 is 0 Å². The Morgan fingerprint density at radius 3 is 2.38 bits per heavy atom. The van der Waals surface area contributed by atoms with Gasteiger partial charge in [-0.3, -0.25) is 0 Å². The molecular weight excluding hydrogens is 254 g/mol. The zero-order valence-electron chi connectivity index (χ0n) is 12.4. The number of aryl methyl sites for hydroxylation is 2. The third-order valence-electron chi connectivity index (χ3n) is 4.19. The molecule has 3 aromatic carbocycles. The second-order valence-electron chi connectivity index (χ2n) is 5.68. The van der Waals surface area contributed by atoms with Crippen molar-refractivity contribution in [2.45, 2.75) is 25.8 Å². The summed E-state index contributed by atoms with van der Waals surface area (Å²) < 4.78 is 0. The molecule has 0 aliphatic heterocycles. The van der Waals surface area contributed by atoms with Crippen molar-refractivity contribution in [3.05, 3.63) is 83.4 Å². The molecule has 0 saturated carbocycles. The highest BCUT2D eigenvalue weighted by Gasteiger charge is 2.08. The summed E-state index contributed by atoms with van der Waals surface area (Å²) in [7, 11) is 0. The van der Waals surface area contributed by atoms with Crippen molar-refractivity contribution in [2.75, 3.05) is 0 Å². The van der Waals surface area contributed by atoms with Gasteiger partial charge in [-0.25, -0.2) is 0 Å². The van der Waals surface area contributed by atoms with Crippen molar-refractivity contribution in [2.24, 2.45) is 5.73 Å². The summed E-state index contributed by atoms with van der Waals surface area (Å²) in [5.74, 6) is 0. The first kappa shape index (κ1) is 13.8. The number of rotatable bonds is 4. The lowest BCUT2D eigenvalue weighted by Crippen LogP contribution is -2.11. The molecule has 0 heterocycles. The molecule has 0 bridgehead atoms. The van der Waals surface area contributed by atoms with Crippen molar-refractivity contribution in [1.29, 1.82) is 0 Å². The molecule has 0 radical (unpaired) electrons. The van der Waals surface area contributed by atoms with Crippen LogP contribution < -0.4 is 5.73 Å². The van der Waals surface area contributed by atoms with Gasteiger partial charge in [0.25, 0.3) is 0 Å². The molecule has 0 fully saturated rings. The zero-order chi connectivity index (χ0) is 14.7. The molecule has 0 aliphatic carbocycles. The highest BCUT2D eigenvalue weighted by atomic mass is 14.6. The minimum Gasteiger partial charge on any atom is -0.324 e. The second kappa shape index (κ2) is 6.11. The van der Waals surface area contributed by atoms with E-state index >= 15 is 0 Å². The second-order valence-corrected chi connectivity index (χ2v) is 5.68. The van der Waals surface area contributed by atoms with Gasteiger partial charge < -0.3 is 5.73 Å². The van der Waals surface area contributed by atoms with E-state index in [-0.39, 0.29) is 6.04 Å². The molecule has 1 unspecified atom stereocenters. The van der Waals surface area contributed by atoms with Crippen LogP contribution in [0.1, 0.15) is 29.2 Å². The first-order chi connectivity index (χ1) is 10.2. The van der Waals surface area contributed by atoms with Crippen LogP contribution in [0.25, 0.3) is 10.8 Å². The van der Waals surface area contributed by atoms with Gasteiger partial charge in [0.1, 0.15) is 0 Å². The van der Waals surface area contributed by atoms with Crippen LogP contribution in [0, 0.1) is 6.92 Å². The summed E-state index contributed by atoms with van der Waals surface area (Å²) in [6.07, 6.45) is 2.00. The van der Waals surface area contributed by atoms with Gasteiger partial charge in [0.15, 0.2) is 0 Å². The van der Waals surface area contributed by atoms with Crippen LogP contribution in [-0.4, -0.2) is 0 Å². The summed E-state index contributed by atoms with van der Waals surface area (Å²) >= 11 is 0. The van der Waals surface area contributed by atoms with Crippen LogP contribution in [0.2, 0.25) is 0 Å². The van der Waals surface area contributed by atoms with E-state index in [0.29, 0.717) is 0 Å². The molecule has 1 nitrogen and oxygen atoms in total. The summed E-state index contributed by atoms with van der Waals surface area (Å²) in [4.78, 5) is 0. The molecule has 21 heavy (non-hydrogen) atoms. The Balaban J connectivity index is 1.75. The van der Waals surface area contributed by atoms with E-state index < -0.39 is 0 Å². The van der Waals surface area contributed by atoms with E-state index in [1.54, 1.807) is 0 Å². The van der Waals surface area contributed by atoms with Gasteiger partial charge in [-0.1, -0.05) is 60.7 Å².